The van der Waals surface area contributed by atoms with Gasteiger partial charge in [0.1, 0.15) is 22.8 Å². The number of Topliss-reactive ketones (excluding diaryl/α,β-unsaturated/α-hetero) is 1. The van der Waals surface area contributed by atoms with E-state index >= 15 is 0 Å². The number of imidazole rings is 1. The average molecular weight is 437 g/mol. The number of carbonyl (C=O) groups is 1. The van der Waals surface area contributed by atoms with Gasteiger partial charge in [0.25, 0.3) is 0 Å². The third-order valence-corrected chi connectivity index (χ3v) is 5.87. The molecule has 0 fully saturated rings. The summed E-state index contributed by atoms with van der Waals surface area (Å²) >= 11 is 6.40. The van der Waals surface area contributed by atoms with Gasteiger partial charge in [0.2, 0.25) is 0 Å². The van der Waals surface area contributed by atoms with Crippen LogP contribution in [-0.2, 0) is 5.60 Å². The normalized spacial score (nSPS) is 16.2. The van der Waals surface area contributed by atoms with Gasteiger partial charge in [-0.2, -0.15) is 0 Å². The predicted octanol–water partition coefficient (Wildman–Crippen LogP) is 4.53. The highest BCUT2D eigenvalue weighted by atomic mass is 35.5. The van der Waals surface area contributed by atoms with Gasteiger partial charge in [-0.1, -0.05) is 29.8 Å². The number of pyridine rings is 1. The topological polar surface area (TPSA) is 80.4 Å². The van der Waals surface area contributed by atoms with E-state index in [9.17, 15) is 14.3 Å². The summed E-state index contributed by atoms with van der Waals surface area (Å²) in [5.74, 6) is -0.620. The van der Waals surface area contributed by atoms with Gasteiger partial charge in [0.05, 0.1) is 5.69 Å². The minimum Gasteiger partial charge on any atom is -0.382 e. The fourth-order valence-electron chi connectivity index (χ4n) is 4.01. The van der Waals surface area contributed by atoms with Gasteiger partial charge in [0, 0.05) is 53.1 Å². The Kier molecular flexibility index (Phi) is 4.42. The fraction of sp³-hybridized carbons (Fsp3) is 0.217. The van der Waals surface area contributed by atoms with Crippen molar-refractivity contribution in [3.05, 3.63) is 82.5 Å². The number of aromatic nitrogens is 4. The first-order chi connectivity index (χ1) is 14.7. The van der Waals surface area contributed by atoms with Crippen molar-refractivity contribution in [2.24, 2.45) is 0 Å². The van der Waals surface area contributed by atoms with Crippen LogP contribution in [0.5, 0.6) is 0 Å². The predicted molar refractivity (Wildman–Crippen MR) is 114 cm³/mol. The molecule has 6 nitrogen and oxygen atoms in total. The minimum absolute atomic E-state index is 0.0940. The van der Waals surface area contributed by atoms with Crippen LogP contribution in [0.4, 0.5) is 4.39 Å². The summed E-state index contributed by atoms with van der Waals surface area (Å²) < 4.78 is 16.7. The van der Waals surface area contributed by atoms with E-state index < -0.39 is 11.4 Å². The van der Waals surface area contributed by atoms with Crippen LogP contribution >= 0.6 is 11.6 Å². The first kappa shape index (κ1) is 19.8. The lowest BCUT2D eigenvalue weighted by Crippen LogP contribution is -2.19. The number of fused-ring (bicyclic) bond motifs is 3. The van der Waals surface area contributed by atoms with Gasteiger partial charge in [-0.05, 0) is 25.5 Å². The first-order valence-corrected chi connectivity index (χ1v) is 10.2. The number of hydrogen-bond acceptors (Lipinski definition) is 5. The molecule has 0 aliphatic heterocycles. The van der Waals surface area contributed by atoms with Crippen molar-refractivity contribution in [2.75, 3.05) is 0 Å². The van der Waals surface area contributed by atoms with Crippen LogP contribution in [0.2, 0.25) is 5.02 Å². The average Bonchev–Trinajstić information content (AvgIpc) is 3.24. The first-order valence-electron chi connectivity index (χ1n) is 9.78. The van der Waals surface area contributed by atoms with Crippen molar-refractivity contribution >= 4 is 23.0 Å². The zero-order valence-corrected chi connectivity index (χ0v) is 17.6. The lowest BCUT2D eigenvalue weighted by Gasteiger charge is -2.16. The molecule has 0 amide bonds. The molecule has 1 aliphatic carbocycles. The lowest BCUT2D eigenvalue weighted by atomic mass is 9.96. The number of aliphatic hydroxyl groups is 1. The molecule has 0 radical (unpaired) electrons. The molecule has 0 unspecified atom stereocenters. The van der Waals surface area contributed by atoms with Gasteiger partial charge in [0.15, 0.2) is 11.6 Å². The molecule has 0 saturated heterocycles. The zero-order valence-electron chi connectivity index (χ0n) is 16.8. The number of rotatable bonds is 3. The Balaban J connectivity index is 1.67. The Morgan fingerprint density at radius 2 is 1.94 bits per heavy atom. The van der Waals surface area contributed by atoms with Crippen LogP contribution in [0, 0.1) is 5.82 Å². The molecule has 156 valence electrons. The number of ketones is 1. The van der Waals surface area contributed by atoms with Gasteiger partial charge in [-0.3, -0.25) is 4.79 Å². The van der Waals surface area contributed by atoms with Crippen molar-refractivity contribution in [1.82, 2.24) is 19.4 Å². The van der Waals surface area contributed by atoms with E-state index in [1.807, 2.05) is 18.2 Å². The van der Waals surface area contributed by atoms with E-state index in [1.165, 1.54) is 18.5 Å². The summed E-state index contributed by atoms with van der Waals surface area (Å²) in [7, 11) is 0. The summed E-state index contributed by atoms with van der Waals surface area (Å²) in [4.78, 5) is 25.4. The SMILES string of the molecule is CC(C)(O)c1ncc(-c2cn3c4c(nc3cc2F)C(=O)C[C@@H]4c2ccccc2Cl)cn1. The maximum absolute atomic E-state index is 14.9. The standard InChI is InChI=1S/C23H18ClFN4O2/c1-23(2,31)22-26-9-12(10-27-22)15-11-29-19(8-17(15)25)28-20-18(30)7-14(21(20)29)13-5-3-4-6-16(13)24/h3-6,8-11,14,31H,7H2,1-2H3/t14-/m1/s1. The monoisotopic (exact) mass is 436 g/mol. The van der Waals surface area contributed by atoms with Crippen LogP contribution in [0.15, 0.2) is 48.9 Å². The second-order valence-corrected chi connectivity index (χ2v) is 8.57. The summed E-state index contributed by atoms with van der Waals surface area (Å²) in [6.07, 6.45) is 4.82. The van der Waals surface area contributed by atoms with E-state index in [1.54, 1.807) is 30.5 Å². The van der Waals surface area contributed by atoms with Crippen molar-refractivity contribution < 1.29 is 14.3 Å². The minimum atomic E-state index is -1.20. The number of halogens is 2. The Bertz CT molecular complexity index is 1340. The van der Waals surface area contributed by atoms with Gasteiger partial charge in [-0.25, -0.2) is 19.3 Å². The summed E-state index contributed by atoms with van der Waals surface area (Å²) in [6.45, 7) is 3.16. The molecule has 1 aliphatic rings. The maximum atomic E-state index is 14.9. The number of hydrogen-bond donors (Lipinski definition) is 1. The maximum Gasteiger partial charge on any atom is 0.184 e. The van der Waals surface area contributed by atoms with E-state index in [4.69, 9.17) is 11.6 Å². The highest BCUT2D eigenvalue weighted by Crippen LogP contribution is 2.41. The van der Waals surface area contributed by atoms with Crippen molar-refractivity contribution in [3.8, 4) is 11.1 Å². The molecule has 0 bridgehead atoms. The van der Waals surface area contributed by atoms with E-state index in [0.29, 0.717) is 27.6 Å². The van der Waals surface area contributed by atoms with Crippen molar-refractivity contribution in [1.29, 1.82) is 0 Å². The quantitative estimate of drug-likeness (QED) is 0.510. The van der Waals surface area contributed by atoms with Crippen LogP contribution in [0.25, 0.3) is 16.8 Å². The molecule has 5 rings (SSSR count). The largest absolute Gasteiger partial charge is 0.382 e. The van der Waals surface area contributed by atoms with Gasteiger partial charge >= 0.3 is 0 Å². The number of nitrogens with zero attached hydrogens (tertiary/aromatic N) is 4. The molecule has 3 heterocycles. The number of carbonyl (C=O) groups excluding carboxylic acids is 1. The van der Waals surface area contributed by atoms with E-state index in [0.717, 1.165) is 5.56 Å². The molecule has 1 aromatic carbocycles. The zero-order chi connectivity index (χ0) is 21.9. The molecule has 3 aromatic heterocycles. The van der Waals surface area contributed by atoms with Gasteiger partial charge < -0.3 is 9.51 Å². The second kappa shape index (κ2) is 6.93. The molecular formula is C23H18ClFN4O2. The Morgan fingerprint density at radius 1 is 1.23 bits per heavy atom. The number of benzene rings is 1. The summed E-state index contributed by atoms with van der Waals surface area (Å²) in [5.41, 5.74) is 1.75. The van der Waals surface area contributed by atoms with Crippen LogP contribution in [-0.4, -0.2) is 30.2 Å². The van der Waals surface area contributed by atoms with Crippen molar-refractivity contribution in [2.45, 2.75) is 31.8 Å². The highest BCUT2D eigenvalue weighted by Gasteiger charge is 2.36. The Labute approximate surface area is 182 Å². The molecule has 8 heteroatoms. The highest BCUT2D eigenvalue weighted by molar-refractivity contribution is 6.31. The smallest absolute Gasteiger partial charge is 0.184 e. The Morgan fingerprint density at radius 3 is 2.61 bits per heavy atom. The van der Waals surface area contributed by atoms with E-state index in [2.05, 4.69) is 15.0 Å². The third kappa shape index (κ3) is 3.21. The molecule has 0 spiro atoms. The Hall–Kier alpha value is -3.16. The fourth-order valence-corrected chi connectivity index (χ4v) is 4.28. The molecule has 1 atom stereocenters. The lowest BCUT2D eigenvalue weighted by molar-refractivity contribution is 0.0687. The summed E-state index contributed by atoms with van der Waals surface area (Å²) in [5, 5.41) is 10.6. The molecule has 4 aromatic rings. The third-order valence-electron chi connectivity index (χ3n) is 5.52. The van der Waals surface area contributed by atoms with Crippen LogP contribution in [0.3, 0.4) is 0 Å². The molecule has 1 N–H and O–H groups in total. The second-order valence-electron chi connectivity index (χ2n) is 8.16. The van der Waals surface area contributed by atoms with Gasteiger partial charge in [-0.15, -0.1) is 0 Å². The molecule has 0 saturated carbocycles. The summed E-state index contributed by atoms with van der Waals surface area (Å²) in [6, 6.07) is 8.69. The van der Waals surface area contributed by atoms with Crippen LogP contribution < -0.4 is 0 Å². The van der Waals surface area contributed by atoms with Crippen LogP contribution in [0.1, 0.15) is 53.8 Å². The van der Waals surface area contributed by atoms with E-state index in [-0.39, 0.29) is 29.5 Å². The molecular weight excluding hydrogens is 419 g/mol. The van der Waals surface area contributed by atoms with Crippen molar-refractivity contribution in [3.63, 3.8) is 0 Å². The molecule has 31 heavy (non-hydrogen) atoms.